The van der Waals surface area contributed by atoms with Gasteiger partial charge in [-0.25, -0.2) is 0 Å². The molecule has 2 nitrogen and oxygen atoms in total. The van der Waals surface area contributed by atoms with Crippen LogP contribution in [0.4, 0.5) is 11.4 Å². The highest BCUT2D eigenvalue weighted by Gasteiger charge is 2.18. The Morgan fingerprint density at radius 1 is 0.328 bits per heavy atom. The molecule has 0 aliphatic heterocycles. The lowest BCUT2D eigenvalue weighted by Crippen LogP contribution is -2.05. The maximum absolute atomic E-state index is 6.15. The maximum Gasteiger partial charge on any atom is 0.0316 e. The molecule has 354 valence electrons. The van der Waals surface area contributed by atoms with Gasteiger partial charge in [0.2, 0.25) is 0 Å². The topological polar surface area (TPSA) is 52.0 Å². The molecule has 0 amide bonds. The van der Waals surface area contributed by atoms with Gasteiger partial charge in [0.1, 0.15) is 0 Å². The highest BCUT2D eigenvalue weighted by Crippen LogP contribution is 2.35. The quantitative estimate of drug-likeness (QED) is 0.0350. The van der Waals surface area contributed by atoms with Crippen molar-refractivity contribution in [3.8, 4) is 0 Å². The van der Waals surface area contributed by atoms with Gasteiger partial charge in [0.15, 0.2) is 0 Å². The van der Waals surface area contributed by atoms with Gasteiger partial charge in [0, 0.05) is 23.2 Å². The second kappa shape index (κ2) is 33.0. The molecule has 4 rings (SSSR count). The van der Waals surface area contributed by atoms with E-state index >= 15 is 0 Å². The van der Waals surface area contributed by atoms with E-state index in [1.807, 2.05) is 0 Å². The van der Waals surface area contributed by atoms with Gasteiger partial charge in [-0.3, -0.25) is 0 Å². The normalized spacial score (nSPS) is 12.5. The number of rotatable bonds is 37. The van der Waals surface area contributed by atoms with Crippen LogP contribution in [0.2, 0.25) is 0 Å². The third kappa shape index (κ3) is 21.2. The average Bonchev–Trinajstić information content (AvgIpc) is 3.29. The fourth-order valence-electron chi connectivity index (χ4n) is 10.4. The molecule has 0 heterocycles. The van der Waals surface area contributed by atoms with Crippen LogP contribution in [0.3, 0.4) is 0 Å². The maximum atomic E-state index is 6.15. The molecular weight excluding hydrogens is 773 g/mol. The Hall–Kier alpha value is -3.52. The average molecular weight is 869 g/mol. The van der Waals surface area contributed by atoms with E-state index in [0.717, 1.165) is 11.4 Å². The zero-order chi connectivity index (χ0) is 45.5. The molecule has 0 saturated heterocycles. The van der Waals surface area contributed by atoms with E-state index in [0.29, 0.717) is 11.8 Å². The number of unbranched alkanes of at least 4 members (excludes halogenated alkanes) is 25. The standard InChI is InChI=1S/C62H96N2/c1-5-7-9-11-13-23-27-31-35-61(59-47-45-57(63)49-51(59)3)55-41-37-53(38-42-55)33-29-25-21-19-17-15-16-18-20-22-26-30-34-54-39-43-56(44-40-54)62(60-48-46-58(64)50-52(60)4)36-32-28-24-14-12-10-8-6-2/h37-50,61-62H,5-36,63-64H2,1-4H3. The van der Waals surface area contributed by atoms with Crippen LogP contribution >= 0.6 is 0 Å². The van der Waals surface area contributed by atoms with Gasteiger partial charge in [-0.1, -0.05) is 241 Å². The van der Waals surface area contributed by atoms with Gasteiger partial charge in [-0.2, -0.15) is 0 Å². The summed E-state index contributed by atoms with van der Waals surface area (Å²) in [5.74, 6) is 0.923. The first-order valence-electron chi connectivity index (χ1n) is 27.3. The summed E-state index contributed by atoms with van der Waals surface area (Å²) < 4.78 is 0. The van der Waals surface area contributed by atoms with Crippen LogP contribution < -0.4 is 11.5 Å². The minimum absolute atomic E-state index is 0.462. The van der Waals surface area contributed by atoms with Gasteiger partial charge >= 0.3 is 0 Å². The van der Waals surface area contributed by atoms with Crippen LogP contribution in [0.1, 0.15) is 263 Å². The van der Waals surface area contributed by atoms with Crippen LogP contribution in [-0.2, 0) is 12.8 Å². The Balaban J connectivity index is 1.04. The lowest BCUT2D eigenvalue weighted by atomic mass is 9.84. The predicted octanol–water partition coefficient (Wildman–Crippen LogP) is 19.3. The molecule has 0 spiro atoms. The number of hydrogen-bond acceptors (Lipinski definition) is 2. The van der Waals surface area contributed by atoms with Crippen molar-refractivity contribution in [2.45, 2.75) is 245 Å². The Labute approximate surface area is 395 Å². The summed E-state index contributed by atoms with van der Waals surface area (Å²) in [6.07, 6.45) is 43.3. The summed E-state index contributed by atoms with van der Waals surface area (Å²) in [4.78, 5) is 0. The van der Waals surface area contributed by atoms with Crippen LogP contribution in [0.15, 0.2) is 84.9 Å². The van der Waals surface area contributed by atoms with Crippen molar-refractivity contribution >= 4 is 11.4 Å². The summed E-state index contributed by atoms with van der Waals surface area (Å²) in [6, 6.07) is 32.4. The fraction of sp³-hybridized carbons (Fsp3) is 0.613. The van der Waals surface area contributed by atoms with Gasteiger partial charge in [-0.05, 0) is 121 Å². The van der Waals surface area contributed by atoms with E-state index in [4.69, 9.17) is 11.5 Å². The Kier molecular flexibility index (Phi) is 27.4. The molecule has 0 aliphatic carbocycles. The largest absolute Gasteiger partial charge is 0.399 e. The van der Waals surface area contributed by atoms with Crippen LogP contribution in [-0.4, -0.2) is 0 Å². The van der Waals surface area contributed by atoms with Crippen LogP contribution in [0.5, 0.6) is 0 Å². The highest BCUT2D eigenvalue weighted by atomic mass is 14.5. The van der Waals surface area contributed by atoms with Crippen molar-refractivity contribution in [3.05, 3.63) is 129 Å². The first-order chi connectivity index (χ1) is 31.4. The molecule has 0 fully saturated rings. The Bertz CT molecular complexity index is 1620. The van der Waals surface area contributed by atoms with Gasteiger partial charge < -0.3 is 11.5 Å². The first-order valence-corrected chi connectivity index (χ1v) is 27.3. The summed E-state index contributed by atoms with van der Waals surface area (Å²) in [5, 5.41) is 0. The van der Waals surface area contributed by atoms with E-state index in [1.54, 1.807) is 0 Å². The number of anilines is 2. The summed E-state index contributed by atoms with van der Waals surface area (Å²) in [5.41, 5.74) is 25.6. The Morgan fingerprint density at radius 2 is 0.609 bits per heavy atom. The van der Waals surface area contributed by atoms with Gasteiger partial charge in [-0.15, -0.1) is 0 Å². The van der Waals surface area contributed by atoms with E-state index in [1.165, 1.54) is 250 Å². The monoisotopic (exact) mass is 869 g/mol. The molecular formula is C62H96N2. The number of aryl methyl sites for hydroxylation is 4. The molecule has 0 aliphatic rings. The van der Waals surface area contributed by atoms with E-state index in [-0.39, 0.29) is 0 Å². The van der Waals surface area contributed by atoms with Gasteiger partial charge in [0.05, 0.1) is 0 Å². The minimum Gasteiger partial charge on any atom is -0.399 e. The second-order valence-corrected chi connectivity index (χ2v) is 20.1. The second-order valence-electron chi connectivity index (χ2n) is 20.1. The molecule has 64 heavy (non-hydrogen) atoms. The third-order valence-corrected chi connectivity index (χ3v) is 14.5. The van der Waals surface area contributed by atoms with E-state index in [2.05, 4.69) is 113 Å². The van der Waals surface area contributed by atoms with E-state index < -0.39 is 0 Å². The van der Waals surface area contributed by atoms with Crippen molar-refractivity contribution in [2.75, 3.05) is 11.5 Å². The molecule has 0 bridgehead atoms. The molecule has 2 heteroatoms. The molecule has 0 saturated carbocycles. The van der Waals surface area contributed by atoms with Crippen molar-refractivity contribution in [2.24, 2.45) is 0 Å². The third-order valence-electron chi connectivity index (χ3n) is 14.5. The van der Waals surface area contributed by atoms with Crippen LogP contribution in [0.25, 0.3) is 0 Å². The lowest BCUT2D eigenvalue weighted by molar-refractivity contribution is 0.540. The lowest BCUT2D eigenvalue weighted by Gasteiger charge is -2.21. The zero-order valence-electron chi connectivity index (χ0n) is 42.0. The fourth-order valence-corrected chi connectivity index (χ4v) is 10.4. The molecule has 4 aromatic rings. The van der Waals surface area contributed by atoms with Crippen molar-refractivity contribution in [1.29, 1.82) is 0 Å². The highest BCUT2D eigenvalue weighted by molar-refractivity contribution is 5.49. The smallest absolute Gasteiger partial charge is 0.0316 e. The summed E-state index contributed by atoms with van der Waals surface area (Å²) in [6.45, 7) is 9.08. The number of nitrogens with two attached hydrogens (primary N) is 2. The first kappa shape index (κ1) is 53.1. The molecule has 0 radical (unpaired) electrons. The van der Waals surface area contributed by atoms with Crippen molar-refractivity contribution in [3.63, 3.8) is 0 Å². The predicted molar refractivity (Wildman–Crippen MR) is 285 cm³/mol. The minimum atomic E-state index is 0.462. The van der Waals surface area contributed by atoms with Crippen LogP contribution in [0, 0.1) is 13.8 Å². The molecule has 4 N–H and O–H groups in total. The zero-order valence-corrected chi connectivity index (χ0v) is 42.0. The SMILES string of the molecule is CCCCCCCCCCC(c1ccc(CCCCCCCCCCCCCCc2ccc(C(CCCCCCCCCC)c3ccc(N)cc3C)cc2)cc1)c1ccc(N)cc1C. The Morgan fingerprint density at radius 3 is 0.906 bits per heavy atom. The summed E-state index contributed by atoms with van der Waals surface area (Å²) in [7, 11) is 0. The van der Waals surface area contributed by atoms with Crippen molar-refractivity contribution < 1.29 is 0 Å². The van der Waals surface area contributed by atoms with Gasteiger partial charge in [0.25, 0.3) is 0 Å². The van der Waals surface area contributed by atoms with Crippen molar-refractivity contribution in [1.82, 2.24) is 0 Å². The molecule has 2 unspecified atom stereocenters. The number of nitrogen functional groups attached to an aromatic ring is 2. The summed E-state index contributed by atoms with van der Waals surface area (Å²) >= 11 is 0. The molecule has 4 aromatic carbocycles. The van der Waals surface area contributed by atoms with E-state index in [9.17, 15) is 0 Å². The molecule has 2 atom stereocenters. The molecule has 0 aromatic heterocycles. The number of benzene rings is 4. The number of hydrogen-bond donors (Lipinski definition) is 2.